The smallest absolute Gasteiger partial charge is 0.0195 e. The van der Waals surface area contributed by atoms with E-state index in [1.807, 2.05) is 33.0 Å². The first-order valence-corrected chi connectivity index (χ1v) is 4.35. The molecule has 10 heavy (non-hydrogen) atoms. The lowest BCUT2D eigenvalue weighted by atomic mass is 11.0. The van der Waals surface area contributed by atoms with E-state index in [4.69, 9.17) is 11.6 Å². The third-order valence-electron chi connectivity index (χ3n) is 0.354. The van der Waals surface area contributed by atoms with Crippen LogP contribution >= 0.6 is 11.6 Å². The molecule has 0 aliphatic heterocycles. The Hall–Kier alpha value is 0.250. The molecule has 0 bridgehead atoms. The lowest BCUT2D eigenvalue weighted by Crippen LogP contribution is -1.99. The fraction of sp³-hybridized carbons (Fsp3) is 1.00. The number of nitrogens with zero attached hydrogens (tertiary/aromatic N) is 1. The number of rotatable bonds is 0. The van der Waals surface area contributed by atoms with Crippen molar-refractivity contribution in [2.24, 2.45) is 0 Å². The molecular formula is C8H20ClN. The first-order valence-electron chi connectivity index (χ1n) is 3.82. The molecule has 0 aromatic rings. The number of hydrogen-bond donors (Lipinski definition) is 0. The molecule has 0 aromatic carbocycles. The highest BCUT2D eigenvalue weighted by Gasteiger charge is 1.95. The van der Waals surface area contributed by atoms with Crippen molar-refractivity contribution in [3.63, 3.8) is 0 Å². The van der Waals surface area contributed by atoms with E-state index >= 15 is 0 Å². The first-order chi connectivity index (χ1) is 4.65. The van der Waals surface area contributed by atoms with E-state index in [2.05, 4.69) is 0 Å². The van der Waals surface area contributed by atoms with Crippen molar-refractivity contribution in [3.05, 3.63) is 0 Å². The van der Waals surface area contributed by atoms with E-state index in [-0.39, 0.29) is 0 Å². The summed E-state index contributed by atoms with van der Waals surface area (Å²) in [6.07, 6.45) is 4.50. The van der Waals surface area contributed by atoms with Crippen LogP contribution in [0, 0.1) is 0 Å². The molecule has 1 rings (SSSR count). The molecule has 2 heteroatoms. The van der Waals surface area contributed by atoms with Crippen LogP contribution in [0.3, 0.4) is 0 Å². The average Bonchev–Trinajstić information content (AvgIpc) is 2.43. The highest BCUT2D eigenvalue weighted by molar-refractivity contribution is 6.17. The molecule has 0 spiro atoms. The normalized spacial score (nSPS) is 12.6. The molecule has 0 heterocycles. The molecule has 0 radical (unpaired) electrons. The van der Waals surface area contributed by atoms with Crippen LogP contribution in [0.1, 0.15) is 26.2 Å². The highest BCUT2D eigenvalue weighted by Crippen LogP contribution is 2.14. The van der Waals surface area contributed by atoms with Gasteiger partial charge in [-0.15, -0.1) is 11.6 Å². The summed E-state index contributed by atoms with van der Waals surface area (Å²) >= 11 is 5.00. The van der Waals surface area contributed by atoms with Crippen molar-refractivity contribution in [2.45, 2.75) is 26.2 Å². The summed E-state index contributed by atoms with van der Waals surface area (Å²) in [4.78, 5) is 2.00. The summed E-state index contributed by atoms with van der Waals surface area (Å²) in [5, 5.41) is 0. The molecule has 1 nitrogen and oxygen atoms in total. The average molecular weight is 166 g/mol. The summed E-state index contributed by atoms with van der Waals surface area (Å²) in [7, 11) is 6.00. The van der Waals surface area contributed by atoms with E-state index in [9.17, 15) is 0 Å². The molecular weight excluding hydrogens is 146 g/mol. The van der Waals surface area contributed by atoms with E-state index in [0.29, 0.717) is 0 Å². The Labute approximate surface area is 70.4 Å². The topological polar surface area (TPSA) is 3.24 Å². The van der Waals surface area contributed by atoms with Crippen molar-refractivity contribution in [2.75, 3.05) is 27.0 Å². The Morgan fingerprint density at radius 1 is 1.10 bits per heavy atom. The lowest BCUT2D eigenvalue weighted by Gasteiger charge is -1.90. The van der Waals surface area contributed by atoms with E-state index in [1.165, 1.54) is 19.3 Å². The second-order valence-corrected chi connectivity index (χ2v) is 3.20. The maximum absolute atomic E-state index is 5.00. The summed E-state index contributed by atoms with van der Waals surface area (Å²) < 4.78 is 0. The third kappa shape index (κ3) is 278. The fourth-order valence-electron chi connectivity index (χ4n) is 0. The van der Waals surface area contributed by atoms with Gasteiger partial charge in [-0.1, -0.05) is 26.2 Å². The van der Waals surface area contributed by atoms with Crippen molar-refractivity contribution in [3.8, 4) is 0 Å². The number of hydrogen-bond acceptors (Lipinski definition) is 1. The molecule has 0 amide bonds. The third-order valence-corrected chi connectivity index (χ3v) is 0.354. The van der Waals surface area contributed by atoms with E-state index < -0.39 is 0 Å². The Bertz CT molecular complexity index is 39.0. The van der Waals surface area contributed by atoms with Gasteiger partial charge in [0.2, 0.25) is 0 Å². The Kier molecular flexibility index (Phi) is 15.4. The van der Waals surface area contributed by atoms with Gasteiger partial charge < -0.3 is 4.90 Å². The van der Waals surface area contributed by atoms with Crippen molar-refractivity contribution in [1.29, 1.82) is 0 Å². The fourth-order valence-corrected chi connectivity index (χ4v) is 0. The predicted molar refractivity (Wildman–Crippen MR) is 49.9 cm³/mol. The zero-order chi connectivity index (χ0) is 8.41. The monoisotopic (exact) mass is 165 g/mol. The van der Waals surface area contributed by atoms with Gasteiger partial charge in [-0.3, -0.25) is 0 Å². The minimum Gasteiger partial charge on any atom is -0.312 e. The maximum atomic E-state index is 5.00. The Balaban J connectivity index is 0. The second kappa shape index (κ2) is 12.0. The largest absolute Gasteiger partial charge is 0.312 e. The molecule has 0 N–H and O–H groups in total. The summed E-state index contributed by atoms with van der Waals surface area (Å²) in [6, 6.07) is 0. The van der Waals surface area contributed by atoms with Crippen molar-refractivity contribution in [1.82, 2.24) is 4.90 Å². The van der Waals surface area contributed by atoms with Gasteiger partial charge in [0, 0.05) is 5.88 Å². The van der Waals surface area contributed by atoms with Gasteiger partial charge in [0.05, 0.1) is 0 Å². The van der Waals surface area contributed by atoms with Crippen LogP contribution in [0.2, 0.25) is 0 Å². The van der Waals surface area contributed by atoms with Crippen LogP contribution in [0.25, 0.3) is 0 Å². The Morgan fingerprint density at radius 3 is 1.20 bits per heavy atom. The van der Waals surface area contributed by atoms with Crippen LogP contribution in [-0.4, -0.2) is 31.9 Å². The van der Waals surface area contributed by atoms with Gasteiger partial charge in [-0.05, 0) is 21.1 Å². The van der Waals surface area contributed by atoms with Crippen molar-refractivity contribution >= 4 is 11.6 Å². The molecule has 1 saturated carbocycles. The van der Waals surface area contributed by atoms with Gasteiger partial charge in [-0.2, -0.15) is 0 Å². The summed E-state index contributed by atoms with van der Waals surface area (Å²) in [5.74, 6) is 0.722. The van der Waals surface area contributed by atoms with Crippen LogP contribution in [0.4, 0.5) is 0 Å². The molecule has 0 unspecified atom stereocenters. The van der Waals surface area contributed by atoms with Gasteiger partial charge in [-0.25, -0.2) is 0 Å². The second-order valence-electron chi connectivity index (χ2n) is 2.67. The molecule has 1 aliphatic carbocycles. The molecule has 1 fully saturated rings. The molecule has 1 aliphatic rings. The van der Waals surface area contributed by atoms with Crippen molar-refractivity contribution < 1.29 is 0 Å². The molecule has 0 aromatic heterocycles. The van der Waals surface area contributed by atoms with Crippen LogP contribution in [-0.2, 0) is 0 Å². The van der Waals surface area contributed by atoms with Crippen LogP contribution in [0.15, 0.2) is 0 Å². The Morgan fingerprint density at radius 2 is 1.20 bits per heavy atom. The van der Waals surface area contributed by atoms with Gasteiger partial charge >= 0.3 is 0 Å². The zero-order valence-corrected chi connectivity index (χ0v) is 8.41. The first kappa shape index (κ1) is 12.9. The molecule has 0 atom stereocenters. The summed E-state index contributed by atoms with van der Waals surface area (Å²) in [5.41, 5.74) is 0. The highest BCUT2D eigenvalue weighted by atomic mass is 35.5. The lowest BCUT2D eigenvalue weighted by molar-refractivity contribution is 0.505. The van der Waals surface area contributed by atoms with Crippen LogP contribution in [0.5, 0.6) is 0 Å². The number of alkyl halides is 1. The standard InChI is InChI=1S/C3H9N.C3H6.C2H5Cl/c1-4(2)3;1-2-3-1;1-2-3/h1-3H3;1-3H2;2H2,1H3. The number of halogens is 1. The van der Waals surface area contributed by atoms with E-state index in [0.717, 1.165) is 5.88 Å². The van der Waals surface area contributed by atoms with Gasteiger partial charge in [0.1, 0.15) is 0 Å². The summed E-state index contributed by atoms with van der Waals surface area (Å²) in [6.45, 7) is 1.89. The maximum Gasteiger partial charge on any atom is 0.0195 e. The minimum absolute atomic E-state index is 0.722. The van der Waals surface area contributed by atoms with E-state index in [1.54, 1.807) is 0 Å². The van der Waals surface area contributed by atoms with Gasteiger partial charge in [0.15, 0.2) is 0 Å². The zero-order valence-electron chi connectivity index (χ0n) is 7.65. The molecule has 64 valence electrons. The SMILES string of the molecule is C1CC1.CCCl.CN(C)C. The predicted octanol–water partition coefficient (Wildman–Crippen LogP) is 2.59. The molecule has 0 saturated heterocycles. The quantitative estimate of drug-likeness (QED) is 0.499. The van der Waals surface area contributed by atoms with Crippen LogP contribution < -0.4 is 0 Å². The van der Waals surface area contributed by atoms with Gasteiger partial charge in [0.25, 0.3) is 0 Å². The minimum atomic E-state index is 0.722.